The zero-order valence-corrected chi connectivity index (χ0v) is 14.6. The lowest BCUT2D eigenvalue weighted by atomic mass is 9.66. The van der Waals surface area contributed by atoms with Gasteiger partial charge in [-0.1, -0.05) is 43.5 Å². The molecule has 5 nitrogen and oxygen atoms in total. The monoisotopic (exact) mass is 330 g/mol. The molecule has 2 fully saturated rings. The maximum atomic E-state index is 12.0. The van der Waals surface area contributed by atoms with Gasteiger partial charge in [-0.05, 0) is 43.6 Å². The molecule has 130 valence electrons. The number of hydrogen-bond acceptors (Lipinski definition) is 5. The van der Waals surface area contributed by atoms with Crippen molar-refractivity contribution in [2.24, 2.45) is 16.5 Å². The summed E-state index contributed by atoms with van der Waals surface area (Å²) in [5.41, 5.74) is -0.872. The van der Waals surface area contributed by atoms with Crippen LogP contribution in [0.3, 0.4) is 0 Å². The van der Waals surface area contributed by atoms with E-state index in [2.05, 4.69) is 16.0 Å². The van der Waals surface area contributed by atoms with E-state index in [9.17, 15) is 15.0 Å². The van der Waals surface area contributed by atoms with Crippen LogP contribution in [0.15, 0.2) is 29.0 Å². The van der Waals surface area contributed by atoms with E-state index in [0.29, 0.717) is 6.42 Å². The van der Waals surface area contributed by atoms with E-state index in [1.54, 1.807) is 6.08 Å². The molecule has 1 atom stereocenters. The van der Waals surface area contributed by atoms with Crippen molar-refractivity contribution in [2.45, 2.75) is 63.8 Å². The second kappa shape index (κ2) is 7.74. The summed E-state index contributed by atoms with van der Waals surface area (Å²) in [5.74, 6) is -0.307. The zero-order chi connectivity index (χ0) is 17.6. The number of allylic oxidation sites excluding steroid dienone is 2. The van der Waals surface area contributed by atoms with Gasteiger partial charge in [0.1, 0.15) is 5.54 Å². The van der Waals surface area contributed by atoms with Crippen molar-refractivity contribution in [1.29, 1.82) is 5.26 Å². The van der Waals surface area contributed by atoms with Crippen molar-refractivity contribution in [2.75, 3.05) is 7.11 Å². The SMILES string of the molecule is CCC(=C/C(=O)OC)/C=C/C(N=O)(C1CCCCC1)C1(C#N)CC1. The quantitative estimate of drug-likeness (QED) is 0.299. The van der Waals surface area contributed by atoms with Gasteiger partial charge in [-0.3, -0.25) is 0 Å². The van der Waals surface area contributed by atoms with Gasteiger partial charge in [-0.2, -0.15) is 5.26 Å². The second-order valence-corrected chi connectivity index (χ2v) is 6.87. The van der Waals surface area contributed by atoms with Crippen molar-refractivity contribution in [3.63, 3.8) is 0 Å². The lowest BCUT2D eigenvalue weighted by Gasteiger charge is -2.38. The van der Waals surface area contributed by atoms with Crippen LogP contribution < -0.4 is 0 Å². The van der Waals surface area contributed by atoms with Crippen LogP contribution in [0, 0.1) is 27.6 Å². The van der Waals surface area contributed by atoms with Gasteiger partial charge in [0, 0.05) is 6.08 Å². The van der Waals surface area contributed by atoms with Gasteiger partial charge in [-0.15, -0.1) is 4.91 Å². The van der Waals surface area contributed by atoms with E-state index in [-0.39, 0.29) is 5.92 Å². The molecule has 0 N–H and O–H groups in total. The Bertz CT molecular complexity index is 578. The van der Waals surface area contributed by atoms with E-state index in [1.165, 1.54) is 19.6 Å². The highest BCUT2D eigenvalue weighted by Crippen LogP contribution is 2.60. The summed E-state index contributed by atoms with van der Waals surface area (Å²) in [5, 5.41) is 13.2. The van der Waals surface area contributed by atoms with Gasteiger partial charge >= 0.3 is 5.97 Å². The van der Waals surface area contributed by atoms with E-state index >= 15 is 0 Å². The van der Waals surface area contributed by atoms with Crippen molar-refractivity contribution in [3.05, 3.63) is 28.7 Å². The third kappa shape index (κ3) is 3.43. The van der Waals surface area contributed by atoms with Crippen LogP contribution in [0.4, 0.5) is 0 Å². The summed E-state index contributed by atoms with van der Waals surface area (Å²) in [6.45, 7) is 1.94. The molecule has 0 spiro atoms. The number of hydrogen-bond donors (Lipinski definition) is 0. The predicted molar refractivity (Wildman–Crippen MR) is 91.9 cm³/mol. The lowest BCUT2D eigenvalue weighted by molar-refractivity contribution is -0.134. The molecule has 2 saturated carbocycles. The fraction of sp³-hybridized carbons (Fsp3) is 0.684. The first-order chi connectivity index (χ1) is 11.6. The highest BCUT2D eigenvalue weighted by molar-refractivity contribution is 5.83. The van der Waals surface area contributed by atoms with Crippen LogP contribution >= 0.6 is 0 Å². The molecule has 0 aromatic rings. The van der Waals surface area contributed by atoms with E-state index in [1.807, 2.05) is 13.0 Å². The van der Waals surface area contributed by atoms with E-state index in [4.69, 9.17) is 0 Å². The molecule has 0 amide bonds. The number of nitrogens with zero attached hydrogens (tertiary/aromatic N) is 2. The van der Waals surface area contributed by atoms with Gasteiger partial charge in [0.25, 0.3) is 0 Å². The van der Waals surface area contributed by atoms with Gasteiger partial charge in [0.2, 0.25) is 0 Å². The minimum absolute atomic E-state index is 0.110. The fourth-order valence-corrected chi connectivity index (χ4v) is 3.86. The molecule has 0 heterocycles. The Labute approximate surface area is 143 Å². The first-order valence-corrected chi connectivity index (χ1v) is 8.81. The molecule has 2 rings (SSSR count). The third-order valence-corrected chi connectivity index (χ3v) is 5.57. The molecule has 0 bridgehead atoms. The van der Waals surface area contributed by atoms with Crippen molar-refractivity contribution in [3.8, 4) is 6.07 Å². The number of carbonyl (C=O) groups excluding carboxylic acids is 1. The standard InChI is InChI=1S/C19H26N2O3/c1-3-15(13-17(22)24-2)9-10-19(21-23,18(14-20)11-12-18)16-7-5-4-6-8-16/h9-10,13,16H,3-8,11-12H2,1-2H3/b10-9+,15-13-. The van der Waals surface area contributed by atoms with Crippen LogP contribution in [0.2, 0.25) is 0 Å². The number of methoxy groups -OCH3 is 1. The molecule has 0 aromatic heterocycles. The van der Waals surface area contributed by atoms with Crippen LogP contribution in [0.25, 0.3) is 0 Å². The van der Waals surface area contributed by atoms with Crippen molar-refractivity contribution in [1.82, 2.24) is 0 Å². The molecule has 5 heteroatoms. The smallest absolute Gasteiger partial charge is 0.330 e. The normalized spacial score (nSPS) is 23.3. The molecule has 24 heavy (non-hydrogen) atoms. The van der Waals surface area contributed by atoms with E-state index < -0.39 is 16.9 Å². The molecular formula is C19H26N2O3. The zero-order valence-electron chi connectivity index (χ0n) is 14.6. The van der Waals surface area contributed by atoms with Gasteiger partial charge in [0.15, 0.2) is 0 Å². The molecule has 0 aliphatic heterocycles. The number of nitriles is 1. The summed E-state index contributed by atoms with van der Waals surface area (Å²) in [4.78, 5) is 23.5. The average Bonchev–Trinajstić information content (AvgIpc) is 3.43. The first kappa shape index (κ1) is 18.4. The van der Waals surface area contributed by atoms with E-state index in [0.717, 1.165) is 44.1 Å². The van der Waals surface area contributed by atoms with Crippen molar-refractivity contribution >= 4 is 5.97 Å². The van der Waals surface area contributed by atoms with Gasteiger partial charge in [0.05, 0.1) is 18.6 Å². The number of nitroso groups, excluding NO2 is 1. The minimum Gasteiger partial charge on any atom is -0.466 e. The molecule has 0 saturated heterocycles. The van der Waals surface area contributed by atoms with Gasteiger partial charge < -0.3 is 4.74 Å². The van der Waals surface area contributed by atoms with Crippen LogP contribution in [-0.2, 0) is 9.53 Å². The minimum atomic E-state index is -0.980. The molecule has 1 unspecified atom stereocenters. The van der Waals surface area contributed by atoms with Gasteiger partial charge in [-0.25, -0.2) is 4.79 Å². The highest BCUT2D eigenvalue weighted by atomic mass is 16.5. The number of esters is 1. The summed E-state index contributed by atoms with van der Waals surface area (Å²) < 4.78 is 4.67. The largest absolute Gasteiger partial charge is 0.466 e. The summed E-state index contributed by atoms with van der Waals surface area (Å²) in [6, 6.07) is 2.38. The topological polar surface area (TPSA) is 79.5 Å². The number of carbonyl (C=O) groups is 1. The Kier molecular flexibility index (Phi) is 5.93. The molecular weight excluding hydrogens is 304 g/mol. The Balaban J connectivity index is 2.37. The first-order valence-electron chi connectivity index (χ1n) is 8.81. The lowest BCUT2D eigenvalue weighted by Crippen LogP contribution is -2.43. The predicted octanol–water partition coefficient (Wildman–Crippen LogP) is 4.44. The maximum Gasteiger partial charge on any atom is 0.330 e. The van der Waals surface area contributed by atoms with Crippen LogP contribution in [0.1, 0.15) is 58.3 Å². The Morgan fingerprint density at radius 3 is 2.50 bits per heavy atom. The Hall–Kier alpha value is -1.96. The summed E-state index contributed by atoms with van der Waals surface area (Å²) >= 11 is 0. The summed E-state index contributed by atoms with van der Waals surface area (Å²) in [7, 11) is 1.34. The third-order valence-electron chi connectivity index (χ3n) is 5.57. The molecule has 0 radical (unpaired) electrons. The van der Waals surface area contributed by atoms with Crippen LogP contribution in [0.5, 0.6) is 0 Å². The number of ether oxygens (including phenoxy) is 1. The second-order valence-electron chi connectivity index (χ2n) is 6.87. The van der Waals surface area contributed by atoms with Crippen molar-refractivity contribution < 1.29 is 9.53 Å². The maximum absolute atomic E-state index is 12.0. The highest BCUT2D eigenvalue weighted by Gasteiger charge is 2.63. The Morgan fingerprint density at radius 2 is 2.04 bits per heavy atom. The molecule has 2 aliphatic carbocycles. The summed E-state index contributed by atoms with van der Waals surface area (Å²) in [6.07, 6.45) is 12.3. The fourth-order valence-electron chi connectivity index (χ4n) is 3.86. The van der Waals surface area contributed by atoms with Crippen LogP contribution in [-0.4, -0.2) is 18.6 Å². The average molecular weight is 330 g/mol. The molecule has 0 aromatic carbocycles. The molecule has 2 aliphatic rings. The number of rotatable bonds is 7. The Morgan fingerprint density at radius 1 is 1.38 bits per heavy atom.